The van der Waals surface area contributed by atoms with Crippen LogP contribution in [0.1, 0.15) is 134 Å². The molecule has 2 aromatic carbocycles. The second-order valence-electron chi connectivity index (χ2n) is 26.8. The van der Waals surface area contributed by atoms with Crippen molar-refractivity contribution in [3.63, 3.8) is 0 Å². The molecule has 3 unspecified atom stereocenters. The normalized spacial score (nSPS) is 23.6. The minimum absolute atomic E-state index is 0. The number of alkyl halides is 2. The molecule has 630 valence electrons. The molecule has 10 aromatic rings. The highest BCUT2D eigenvalue weighted by atomic mass is 32.5. The van der Waals surface area contributed by atoms with Gasteiger partial charge in [-0.15, -0.1) is 9.42 Å². The smallest absolute Gasteiger partial charge is 0.450 e. The van der Waals surface area contributed by atoms with Crippen LogP contribution in [0.3, 0.4) is 0 Å². The van der Waals surface area contributed by atoms with Gasteiger partial charge in [-0.1, -0.05) is 65.1 Å². The second kappa shape index (κ2) is 41.2. The number of imidazole rings is 4. The third kappa shape index (κ3) is 20.7. The van der Waals surface area contributed by atoms with E-state index in [-0.39, 0.29) is 118 Å². The molecule has 45 heteroatoms. The fourth-order valence-electron chi connectivity index (χ4n) is 13.4. The Labute approximate surface area is 681 Å². The van der Waals surface area contributed by atoms with E-state index < -0.39 is 122 Å². The lowest BCUT2D eigenvalue weighted by Gasteiger charge is -2.37. The van der Waals surface area contributed by atoms with Gasteiger partial charge in [0.25, 0.3) is 31.5 Å². The zero-order valence-electron chi connectivity index (χ0n) is 62.9. The molecule has 118 heavy (non-hydrogen) atoms. The van der Waals surface area contributed by atoms with Crippen molar-refractivity contribution in [3.8, 4) is 6.07 Å². The van der Waals surface area contributed by atoms with E-state index in [2.05, 4.69) is 66.1 Å². The summed E-state index contributed by atoms with van der Waals surface area (Å²) < 4.78 is 118. The maximum Gasteiger partial charge on any atom is 0.695 e. The number of hydrogen-bond acceptors (Lipinski definition) is 29. The first-order chi connectivity index (χ1) is 55.9. The number of rotatable bonds is 30. The summed E-state index contributed by atoms with van der Waals surface area (Å²) in [5, 5.41) is 34.1. The maximum absolute atomic E-state index is 16.5. The number of aliphatic hydroxyl groups is 1. The molecule has 17 atom stereocenters. The van der Waals surface area contributed by atoms with Crippen molar-refractivity contribution in [1.29, 1.82) is 5.26 Å². The van der Waals surface area contributed by atoms with Gasteiger partial charge in [0.15, 0.2) is 83.4 Å². The predicted octanol–water partition coefficient (Wildman–Crippen LogP) is 10.6. The highest BCUT2D eigenvalue weighted by Crippen LogP contribution is 2.55. The van der Waals surface area contributed by atoms with Gasteiger partial charge in [-0.3, -0.25) is 50.8 Å². The zero-order valence-corrected chi connectivity index (χ0v) is 66.4. The van der Waals surface area contributed by atoms with Gasteiger partial charge in [-0.2, -0.15) is 5.26 Å². The van der Waals surface area contributed by atoms with Crippen LogP contribution < -0.4 is 21.8 Å². The van der Waals surface area contributed by atoms with Crippen LogP contribution in [0.15, 0.2) is 145 Å². The SMILES string of the molecule is C.C.CC[C@@H]1C[C@@H](O[P+](=O)O)[C@H](n2ccc(=O)n3ccnc23)O1.CC[C@H]1O[C@@H](n2cnc3c(NC(=O)c4ccccc4)ncnc32)[C@@H](F)[C@@H]1OP(OCCC#N)N(C(C)C)C(C)C.[C-]#[N+]CCOP(=S)(OC[C@@H]1C[C@@H](OC(=O)O)[C@H](n2ccc(=O)n3ccnc23)O1)O[C@H]1[C@H](F)[C@H](n2cnc3c(NC(=O)c4ccccc4)ncnc32)O[C@@H]1CO. The lowest BCUT2D eigenvalue weighted by molar-refractivity contribution is -0.0606. The van der Waals surface area contributed by atoms with Crippen molar-refractivity contribution in [3.05, 3.63) is 179 Å². The number of anilines is 2. The first-order valence-corrected chi connectivity index (χ1v) is 41.3. The van der Waals surface area contributed by atoms with Crippen LogP contribution in [0.5, 0.6) is 0 Å². The van der Waals surface area contributed by atoms with Crippen LogP contribution in [0, 0.1) is 17.9 Å². The molecule has 0 spiro atoms. The first kappa shape index (κ1) is 90.4. The molecule has 4 aliphatic heterocycles. The van der Waals surface area contributed by atoms with E-state index in [0.717, 1.165) is 12.7 Å². The Balaban J connectivity index is 0.000000203. The summed E-state index contributed by atoms with van der Waals surface area (Å²) in [5.41, 5.74) is 1.14. The molecule has 4 fully saturated rings. The van der Waals surface area contributed by atoms with Gasteiger partial charge in [-0.25, -0.2) is 64.7 Å². The quantitative estimate of drug-likeness (QED) is 0.0121. The number of nitrogens with one attached hydrogen (secondary N) is 2. The molecule has 39 nitrogen and oxygen atoms in total. The van der Waals surface area contributed by atoms with Gasteiger partial charge < -0.3 is 67.5 Å². The highest BCUT2D eigenvalue weighted by Gasteiger charge is 2.52. The molecule has 14 rings (SSSR count). The summed E-state index contributed by atoms with van der Waals surface area (Å²) >= 11 is 5.67. The Bertz CT molecular complexity index is 5340. The van der Waals surface area contributed by atoms with Crippen molar-refractivity contribution in [2.24, 2.45) is 0 Å². The molecule has 5 N–H and O–H groups in total. The van der Waals surface area contributed by atoms with Gasteiger partial charge in [-0.05, 0) is 76.6 Å². The number of hydrogen-bond donors (Lipinski definition) is 5. The summed E-state index contributed by atoms with van der Waals surface area (Å²) in [4.78, 5) is 107. The molecular formula is C73H89F2N19O20P3S+. The number of carbonyl (C=O) groups excluding carboxylic acids is 2. The van der Waals surface area contributed by atoms with Crippen LogP contribution in [0.25, 0.3) is 38.7 Å². The summed E-state index contributed by atoms with van der Waals surface area (Å²) in [6.07, 6.45) is -0.258. The zero-order chi connectivity index (χ0) is 82.5. The molecule has 4 aliphatic rings. The van der Waals surface area contributed by atoms with Gasteiger partial charge in [0.2, 0.25) is 18.1 Å². The molecule has 0 radical (unpaired) electrons. The summed E-state index contributed by atoms with van der Waals surface area (Å²) in [5.74, 6) is 0.0514. The third-order valence-electron chi connectivity index (χ3n) is 18.6. The predicted molar refractivity (Wildman–Crippen MR) is 424 cm³/mol. The van der Waals surface area contributed by atoms with Crippen molar-refractivity contribution in [2.75, 3.05) is 43.6 Å². The molecule has 2 amide bonds. The number of ether oxygens (including phenoxy) is 5. The van der Waals surface area contributed by atoms with E-state index >= 15 is 8.78 Å². The molecular weight excluding hydrogens is 1630 g/mol. The average molecular weight is 1720 g/mol. The number of nitriles is 1. The highest BCUT2D eigenvalue weighted by molar-refractivity contribution is 8.07. The Kier molecular flexibility index (Phi) is 31.6. The number of amides is 2. The number of halogens is 2. The summed E-state index contributed by atoms with van der Waals surface area (Å²) in [6.45, 7) is 13.9. The number of fused-ring (bicyclic) bond motifs is 4. The van der Waals surface area contributed by atoms with Gasteiger partial charge in [0.1, 0.15) is 37.6 Å². The van der Waals surface area contributed by atoms with Crippen LogP contribution in [0.4, 0.5) is 25.2 Å². The fourth-order valence-corrected chi connectivity index (χ4v) is 17.7. The van der Waals surface area contributed by atoms with E-state index in [1.54, 1.807) is 71.6 Å². The minimum Gasteiger partial charge on any atom is -0.450 e. The average Bonchev–Trinajstić information content (AvgIpc) is 1.62. The van der Waals surface area contributed by atoms with Crippen LogP contribution >= 0.6 is 23.5 Å². The standard InChI is InChI=1S/C32H31FN9O11PS.C27H35FN7O4P.C12H14N3O5P.2CH4/c1-34-9-12-48-54(55,49-15-19-13-20(52-32(46)47)29(50-19)41-10-7-22(44)40-11-8-35-31(40)41)53-25-21(14-43)51-30(23(25)33)42-17-38-24-26(36-16-37-27(24)42)39-28(45)18-5-3-2-4-6-18;1-6-20-23(39-40(37-14-10-13-29)35(17(2)3)18(4)5)21(28)27(38-20)34-16-32-22-24(30-15-31-25(22)34)33-26(36)19-11-8-7-9-12-19;1-2-8-7-9(20-21(17)18)11(19-8)15-5-3-10(16)14-6-4-13-12(14)15;;/h2-8,10-11,16-17,19-21,23,25,29-30,43H,9,12-15H2,(H,46,47)(H,36,37,39,45);7-9,11-12,15-18,20-21,23,27H,6,10,14H2,1-5H3,(H,30,31,33,36);3-6,8-9,11H,2,7H2,1H3;2*1H4/p+1/t19-,20+,21+,23-,25+,29+,30+,54?;20-,21+,23-,27-,40?;8-,9-,11-;;/m011../s1. The molecule has 4 saturated heterocycles. The number of aromatic nitrogens is 14. The second-order valence-corrected chi connectivity index (χ2v) is 31.8. The lowest BCUT2D eigenvalue weighted by atomic mass is 10.1. The van der Waals surface area contributed by atoms with Crippen molar-refractivity contribution in [1.82, 2.24) is 71.6 Å². The third-order valence-corrected chi connectivity index (χ3v) is 23.6. The van der Waals surface area contributed by atoms with Crippen molar-refractivity contribution >= 4 is 98.8 Å². The summed E-state index contributed by atoms with van der Waals surface area (Å²) in [6, 6.07) is 22.0. The van der Waals surface area contributed by atoms with E-state index in [9.17, 15) is 38.8 Å². The van der Waals surface area contributed by atoms with Crippen LogP contribution in [-0.2, 0) is 67.2 Å². The molecule has 0 saturated carbocycles. The number of benzene rings is 2. The lowest BCUT2D eigenvalue weighted by Crippen LogP contribution is -2.37. The molecule has 8 aromatic heterocycles. The summed E-state index contributed by atoms with van der Waals surface area (Å²) in [7, 11) is -4.39. The Morgan fingerprint density at radius 3 is 1.71 bits per heavy atom. The number of aliphatic hydroxyl groups excluding tert-OH is 1. The number of carbonyl (C=O) groups is 3. The van der Waals surface area contributed by atoms with Gasteiger partial charge in [0, 0.05) is 89.9 Å². The van der Waals surface area contributed by atoms with Gasteiger partial charge >= 0.3 is 21.1 Å². The largest absolute Gasteiger partial charge is 0.695 e. The van der Waals surface area contributed by atoms with E-state index in [0.29, 0.717) is 40.9 Å². The topological polar surface area (TPSA) is 452 Å². The molecule has 12 heterocycles. The van der Waals surface area contributed by atoms with Crippen LogP contribution in [0.2, 0.25) is 0 Å². The Morgan fingerprint density at radius 2 is 1.22 bits per heavy atom. The maximum atomic E-state index is 16.5. The first-order valence-electron chi connectivity index (χ1n) is 36.5. The molecule has 0 bridgehead atoms. The molecule has 0 aliphatic carbocycles. The minimum atomic E-state index is -3.96. The van der Waals surface area contributed by atoms with Gasteiger partial charge in [0.05, 0.1) is 63.3 Å². The monoisotopic (exact) mass is 1710 g/mol. The van der Waals surface area contributed by atoms with Crippen molar-refractivity contribution < 1.29 is 93.7 Å². The van der Waals surface area contributed by atoms with Crippen LogP contribution in [-0.4, -0.2) is 211 Å². The number of carboxylic acid groups (broad SMARTS) is 1. The Hall–Kier alpha value is -9.91. The van der Waals surface area contributed by atoms with E-state index in [4.69, 9.17) is 79.4 Å². The van der Waals surface area contributed by atoms with E-state index in [1.807, 2.05) is 47.6 Å². The van der Waals surface area contributed by atoms with E-state index in [1.165, 1.54) is 78.4 Å². The Morgan fingerprint density at radius 1 is 0.703 bits per heavy atom. The fraction of sp³-hybridized carbons (Fsp3) is 0.466. The number of nitrogens with zero attached hydrogens (tertiary/aromatic N) is 17. The van der Waals surface area contributed by atoms with Crippen molar-refractivity contribution in [2.45, 2.75) is 187 Å².